The molecule has 0 spiro atoms. The number of sulfonamides is 1. The predicted octanol–water partition coefficient (Wildman–Crippen LogP) is 3.14. The standard InChI is InChI=1S/C19H22BrFN4O4S/c20-14-10-13(2-3-15(14)21)11-17(22-26)18-16(23-29-24-18)4-5-19(6-7-19)12-30(27,28)25-8-1-9-25/h2-3,10,26H,1,4-9,11-12H2/b22-17+. The number of aromatic nitrogens is 2. The Kier molecular flexibility index (Phi) is 5.95. The minimum atomic E-state index is -3.21. The highest BCUT2D eigenvalue weighted by atomic mass is 79.9. The molecule has 8 nitrogen and oxygen atoms in total. The molecule has 11 heteroatoms. The van der Waals surface area contributed by atoms with Crippen LogP contribution in [-0.2, 0) is 22.9 Å². The van der Waals surface area contributed by atoms with Gasteiger partial charge in [-0.25, -0.2) is 21.7 Å². The van der Waals surface area contributed by atoms with E-state index in [1.54, 1.807) is 16.4 Å². The average molecular weight is 501 g/mol. The summed E-state index contributed by atoms with van der Waals surface area (Å²) < 4.78 is 45.2. The lowest BCUT2D eigenvalue weighted by Crippen LogP contribution is -2.44. The fraction of sp³-hybridized carbons (Fsp3) is 0.526. The molecule has 2 aliphatic rings. The topological polar surface area (TPSA) is 109 Å². The van der Waals surface area contributed by atoms with Crippen molar-refractivity contribution in [3.05, 3.63) is 45.4 Å². The number of nitrogens with zero attached hydrogens (tertiary/aromatic N) is 4. The molecule has 0 bridgehead atoms. The van der Waals surface area contributed by atoms with E-state index in [2.05, 4.69) is 31.4 Å². The lowest BCUT2D eigenvalue weighted by Gasteiger charge is -2.31. The number of halogens is 2. The van der Waals surface area contributed by atoms with Gasteiger partial charge in [-0.2, -0.15) is 0 Å². The van der Waals surface area contributed by atoms with Crippen LogP contribution in [0.25, 0.3) is 0 Å². The van der Waals surface area contributed by atoms with Gasteiger partial charge in [0.2, 0.25) is 10.0 Å². The molecule has 1 aliphatic heterocycles. The number of aryl methyl sites for hydroxylation is 1. The van der Waals surface area contributed by atoms with E-state index >= 15 is 0 Å². The minimum absolute atomic E-state index is 0.158. The van der Waals surface area contributed by atoms with Crippen molar-refractivity contribution in [1.29, 1.82) is 0 Å². The molecule has 1 saturated heterocycles. The number of oxime groups is 1. The molecule has 0 radical (unpaired) electrons. The summed E-state index contributed by atoms with van der Waals surface area (Å²) in [6, 6.07) is 4.53. The first-order valence-electron chi connectivity index (χ1n) is 9.76. The SMILES string of the molecule is O=S(=O)(CC1(CCc2nonc2/C(Cc2ccc(F)c(Br)c2)=N/O)CC1)N1CCC1. The first kappa shape index (κ1) is 21.4. The Morgan fingerprint density at radius 3 is 2.70 bits per heavy atom. The van der Waals surface area contributed by atoms with E-state index in [4.69, 9.17) is 4.63 Å². The van der Waals surface area contributed by atoms with Crippen molar-refractivity contribution in [2.24, 2.45) is 10.6 Å². The van der Waals surface area contributed by atoms with Gasteiger partial charge in [-0.05, 0) is 76.3 Å². The molecule has 1 aliphatic carbocycles. The number of hydrogen-bond donors (Lipinski definition) is 1. The van der Waals surface area contributed by atoms with Gasteiger partial charge in [-0.15, -0.1) is 0 Å². The van der Waals surface area contributed by atoms with E-state index in [-0.39, 0.29) is 29.1 Å². The van der Waals surface area contributed by atoms with Crippen molar-refractivity contribution < 1.29 is 22.6 Å². The van der Waals surface area contributed by atoms with Crippen LogP contribution in [0.4, 0.5) is 4.39 Å². The van der Waals surface area contributed by atoms with E-state index in [1.165, 1.54) is 6.07 Å². The summed E-state index contributed by atoms with van der Waals surface area (Å²) in [6.45, 7) is 1.23. The molecule has 0 atom stereocenters. The Bertz CT molecular complexity index is 1060. The average Bonchev–Trinajstić information content (AvgIpc) is 3.23. The summed E-state index contributed by atoms with van der Waals surface area (Å²) in [5.41, 5.74) is 1.60. The van der Waals surface area contributed by atoms with Gasteiger partial charge in [0.1, 0.15) is 17.2 Å². The van der Waals surface area contributed by atoms with Crippen LogP contribution in [0.3, 0.4) is 0 Å². The lowest BCUT2D eigenvalue weighted by atomic mass is 9.98. The molecule has 2 aromatic rings. The summed E-state index contributed by atoms with van der Waals surface area (Å²) in [5, 5.41) is 20.7. The smallest absolute Gasteiger partial charge is 0.214 e. The summed E-state index contributed by atoms with van der Waals surface area (Å²) in [7, 11) is -3.21. The van der Waals surface area contributed by atoms with Crippen LogP contribution in [0.1, 0.15) is 42.6 Å². The van der Waals surface area contributed by atoms with Crippen molar-refractivity contribution in [2.75, 3.05) is 18.8 Å². The molecule has 162 valence electrons. The molecule has 1 aromatic carbocycles. The third-order valence-corrected chi connectivity index (χ3v) is 8.59. The van der Waals surface area contributed by atoms with E-state index in [0.717, 1.165) is 24.8 Å². The molecular weight excluding hydrogens is 479 g/mol. The fourth-order valence-corrected chi connectivity index (χ4v) is 6.30. The van der Waals surface area contributed by atoms with Crippen molar-refractivity contribution in [3.63, 3.8) is 0 Å². The largest absolute Gasteiger partial charge is 0.411 e. The van der Waals surface area contributed by atoms with Gasteiger partial charge in [0.05, 0.1) is 10.2 Å². The Morgan fingerprint density at radius 1 is 1.33 bits per heavy atom. The van der Waals surface area contributed by atoms with Crippen LogP contribution in [0.2, 0.25) is 0 Å². The minimum Gasteiger partial charge on any atom is -0.411 e. The monoisotopic (exact) mass is 500 g/mol. The summed E-state index contributed by atoms with van der Waals surface area (Å²) in [6.07, 6.45) is 3.98. The normalized spacial score (nSPS) is 18.9. The van der Waals surface area contributed by atoms with E-state index in [1.807, 2.05) is 0 Å². The van der Waals surface area contributed by atoms with E-state index < -0.39 is 10.0 Å². The maximum Gasteiger partial charge on any atom is 0.214 e. The van der Waals surface area contributed by atoms with Gasteiger partial charge in [0, 0.05) is 19.5 Å². The van der Waals surface area contributed by atoms with Gasteiger partial charge in [0.15, 0.2) is 5.69 Å². The summed E-state index contributed by atoms with van der Waals surface area (Å²) in [4.78, 5) is 0. The highest BCUT2D eigenvalue weighted by Crippen LogP contribution is 2.51. The maximum absolute atomic E-state index is 13.5. The molecule has 4 rings (SSSR count). The van der Waals surface area contributed by atoms with Crippen LogP contribution in [0.15, 0.2) is 32.5 Å². The van der Waals surface area contributed by atoms with Gasteiger partial charge in [-0.3, -0.25) is 0 Å². The van der Waals surface area contributed by atoms with Crippen LogP contribution >= 0.6 is 15.9 Å². The summed E-state index contributed by atoms with van der Waals surface area (Å²) >= 11 is 3.14. The van der Waals surface area contributed by atoms with E-state index in [0.29, 0.717) is 41.8 Å². The molecule has 2 fully saturated rings. The van der Waals surface area contributed by atoms with Crippen LogP contribution < -0.4 is 0 Å². The molecular formula is C19H22BrFN4O4S. The Balaban J connectivity index is 1.43. The molecule has 0 unspecified atom stereocenters. The maximum atomic E-state index is 13.5. The number of hydrogen-bond acceptors (Lipinski definition) is 7. The Labute approximate surface area is 182 Å². The van der Waals surface area contributed by atoms with Gasteiger partial charge < -0.3 is 5.21 Å². The number of benzene rings is 1. The first-order valence-corrected chi connectivity index (χ1v) is 12.2. The molecule has 30 heavy (non-hydrogen) atoms. The zero-order chi connectivity index (χ0) is 21.4. The molecule has 1 N–H and O–H groups in total. The van der Waals surface area contributed by atoms with Crippen molar-refractivity contribution in [2.45, 2.75) is 38.5 Å². The second-order valence-electron chi connectivity index (χ2n) is 8.04. The third-order valence-electron chi connectivity index (χ3n) is 5.85. The Morgan fingerprint density at radius 2 is 2.10 bits per heavy atom. The van der Waals surface area contributed by atoms with Gasteiger partial charge in [-0.1, -0.05) is 16.4 Å². The second kappa shape index (κ2) is 8.35. The van der Waals surface area contributed by atoms with Gasteiger partial charge in [0.25, 0.3) is 0 Å². The molecule has 2 heterocycles. The quantitative estimate of drug-likeness (QED) is 0.321. The van der Waals surface area contributed by atoms with E-state index in [9.17, 15) is 18.0 Å². The lowest BCUT2D eigenvalue weighted by molar-refractivity contribution is 0.298. The zero-order valence-corrected chi connectivity index (χ0v) is 18.6. The highest BCUT2D eigenvalue weighted by molar-refractivity contribution is 9.10. The third kappa shape index (κ3) is 4.57. The summed E-state index contributed by atoms with van der Waals surface area (Å²) in [5.74, 6) is -0.224. The first-order chi connectivity index (χ1) is 14.3. The molecule has 1 aromatic heterocycles. The fourth-order valence-electron chi connectivity index (χ4n) is 3.67. The predicted molar refractivity (Wildman–Crippen MR) is 110 cm³/mol. The highest BCUT2D eigenvalue weighted by Gasteiger charge is 2.47. The van der Waals surface area contributed by atoms with Crippen LogP contribution in [-0.4, -0.2) is 52.8 Å². The van der Waals surface area contributed by atoms with Crippen LogP contribution in [0.5, 0.6) is 0 Å². The Hall–Kier alpha value is -1.85. The second-order valence-corrected chi connectivity index (χ2v) is 10.9. The number of rotatable bonds is 9. The van der Waals surface area contributed by atoms with Crippen molar-refractivity contribution >= 4 is 31.7 Å². The van der Waals surface area contributed by atoms with Crippen molar-refractivity contribution in [3.8, 4) is 0 Å². The van der Waals surface area contributed by atoms with Crippen molar-refractivity contribution in [1.82, 2.24) is 14.6 Å². The van der Waals surface area contributed by atoms with Gasteiger partial charge >= 0.3 is 0 Å². The zero-order valence-electron chi connectivity index (χ0n) is 16.2. The molecule has 1 saturated carbocycles. The van der Waals surface area contributed by atoms with Crippen LogP contribution in [0, 0.1) is 11.2 Å². The molecule has 0 amide bonds.